The maximum atomic E-state index is 5.68. The van der Waals surface area contributed by atoms with Gasteiger partial charge in [-0.05, 0) is 13.3 Å². The Hall–Kier alpha value is -1.19. The highest BCUT2D eigenvalue weighted by Crippen LogP contribution is 2.19. The smallest absolute Gasteiger partial charge is 0.256 e. The Kier molecular flexibility index (Phi) is 3.17. The molecular formula is C9H17N3O. The second kappa shape index (κ2) is 4.16. The van der Waals surface area contributed by atoms with Gasteiger partial charge in [0.15, 0.2) is 0 Å². The van der Waals surface area contributed by atoms with Crippen molar-refractivity contribution in [2.24, 2.45) is 7.05 Å². The number of hydrogen-bond acceptors (Lipinski definition) is 3. The summed E-state index contributed by atoms with van der Waals surface area (Å²) in [5, 5.41) is 4.10. The minimum absolute atomic E-state index is 0.183. The van der Waals surface area contributed by atoms with Crippen molar-refractivity contribution in [3.8, 4) is 5.88 Å². The van der Waals surface area contributed by atoms with E-state index >= 15 is 0 Å². The van der Waals surface area contributed by atoms with Crippen LogP contribution in [0, 0.1) is 0 Å². The zero-order chi connectivity index (χ0) is 9.84. The molecule has 2 N–H and O–H groups in total. The maximum Gasteiger partial charge on any atom is 0.256 e. The lowest BCUT2D eigenvalue weighted by Crippen LogP contribution is -2.12. The highest BCUT2D eigenvalue weighted by Gasteiger charge is 2.08. The van der Waals surface area contributed by atoms with Crippen LogP contribution < -0.4 is 10.5 Å². The summed E-state index contributed by atoms with van der Waals surface area (Å²) in [5.41, 5.74) is 6.28. The average Bonchev–Trinajstić information content (AvgIpc) is 2.30. The van der Waals surface area contributed by atoms with E-state index < -0.39 is 0 Å². The molecule has 4 heteroatoms. The molecule has 0 aliphatic carbocycles. The number of nitrogen functional groups attached to an aromatic ring is 1. The topological polar surface area (TPSA) is 53.1 Å². The Balaban J connectivity index is 2.57. The van der Waals surface area contributed by atoms with E-state index in [1.54, 1.807) is 10.9 Å². The molecule has 1 aromatic heterocycles. The van der Waals surface area contributed by atoms with Crippen LogP contribution >= 0.6 is 0 Å². The van der Waals surface area contributed by atoms with Crippen LogP contribution in [-0.4, -0.2) is 15.9 Å². The number of nitrogens with two attached hydrogens (primary N) is 1. The molecule has 1 unspecified atom stereocenters. The number of ether oxygens (including phenoxy) is 1. The van der Waals surface area contributed by atoms with Gasteiger partial charge in [0.05, 0.1) is 12.3 Å². The number of nitrogens with zero attached hydrogens (tertiary/aromatic N) is 2. The van der Waals surface area contributed by atoms with Gasteiger partial charge in [-0.25, -0.2) is 0 Å². The third-order valence-corrected chi connectivity index (χ3v) is 1.83. The standard InChI is InChI=1S/C9H17N3O/c1-4-5-7(2)13-9-8(10)6-12(3)11-9/h6-7H,4-5,10H2,1-3H3. The summed E-state index contributed by atoms with van der Waals surface area (Å²) in [6.45, 7) is 4.15. The molecule has 0 aliphatic heterocycles. The van der Waals surface area contributed by atoms with E-state index in [9.17, 15) is 0 Å². The molecule has 0 saturated carbocycles. The summed E-state index contributed by atoms with van der Waals surface area (Å²) < 4.78 is 7.21. The van der Waals surface area contributed by atoms with Crippen LogP contribution in [-0.2, 0) is 7.05 Å². The molecule has 0 radical (unpaired) electrons. The van der Waals surface area contributed by atoms with Gasteiger partial charge in [0.1, 0.15) is 5.69 Å². The van der Waals surface area contributed by atoms with E-state index in [-0.39, 0.29) is 6.10 Å². The van der Waals surface area contributed by atoms with Crippen LogP contribution in [0.4, 0.5) is 5.69 Å². The summed E-state index contributed by atoms with van der Waals surface area (Å²) >= 11 is 0. The summed E-state index contributed by atoms with van der Waals surface area (Å²) in [6.07, 6.45) is 4.06. The summed E-state index contributed by atoms with van der Waals surface area (Å²) in [7, 11) is 1.83. The molecule has 4 nitrogen and oxygen atoms in total. The minimum Gasteiger partial charge on any atom is -0.472 e. The molecule has 0 bridgehead atoms. The first-order valence-electron chi connectivity index (χ1n) is 4.59. The zero-order valence-corrected chi connectivity index (χ0v) is 8.45. The quantitative estimate of drug-likeness (QED) is 0.770. The Morgan fingerprint density at radius 1 is 1.69 bits per heavy atom. The van der Waals surface area contributed by atoms with Gasteiger partial charge in [-0.15, -0.1) is 5.10 Å². The molecule has 13 heavy (non-hydrogen) atoms. The van der Waals surface area contributed by atoms with Gasteiger partial charge in [0, 0.05) is 7.05 Å². The van der Waals surface area contributed by atoms with Crippen LogP contribution in [0.2, 0.25) is 0 Å². The van der Waals surface area contributed by atoms with Crippen LogP contribution in [0.3, 0.4) is 0 Å². The van der Waals surface area contributed by atoms with Gasteiger partial charge in [-0.2, -0.15) is 0 Å². The van der Waals surface area contributed by atoms with Crippen molar-refractivity contribution in [2.45, 2.75) is 32.8 Å². The highest BCUT2D eigenvalue weighted by atomic mass is 16.5. The van der Waals surface area contributed by atoms with Gasteiger partial charge < -0.3 is 10.5 Å². The molecule has 0 spiro atoms. The van der Waals surface area contributed by atoms with E-state index in [2.05, 4.69) is 12.0 Å². The number of aromatic nitrogens is 2. The van der Waals surface area contributed by atoms with Crippen LogP contribution in [0.5, 0.6) is 5.88 Å². The van der Waals surface area contributed by atoms with Gasteiger partial charge >= 0.3 is 0 Å². The van der Waals surface area contributed by atoms with Gasteiger partial charge in [0.2, 0.25) is 0 Å². The van der Waals surface area contributed by atoms with E-state index in [0.29, 0.717) is 11.6 Å². The molecule has 74 valence electrons. The molecule has 1 atom stereocenters. The molecule has 1 rings (SSSR count). The third kappa shape index (κ3) is 2.65. The van der Waals surface area contributed by atoms with Gasteiger partial charge in [0.25, 0.3) is 5.88 Å². The van der Waals surface area contributed by atoms with Crippen molar-refractivity contribution in [1.82, 2.24) is 9.78 Å². The van der Waals surface area contributed by atoms with Crippen LogP contribution in [0.25, 0.3) is 0 Å². The van der Waals surface area contributed by atoms with Crippen molar-refractivity contribution in [3.05, 3.63) is 6.20 Å². The van der Waals surface area contributed by atoms with Crippen molar-refractivity contribution < 1.29 is 4.74 Å². The average molecular weight is 183 g/mol. The van der Waals surface area contributed by atoms with Crippen molar-refractivity contribution in [3.63, 3.8) is 0 Å². The summed E-state index contributed by atoms with van der Waals surface area (Å²) in [6, 6.07) is 0. The molecule has 0 aromatic carbocycles. The SMILES string of the molecule is CCCC(C)Oc1nn(C)cc1N. The lowest BCUT2D eigenvalue weighted by Gasteiger charge is -2.11. The molecule has 0 fully saturated rings. The number of rotatable bonds is 4. The van der Waals surface area contributed by atoms with Crippen LogP contribution in [0.1, 0.15) is 26.7 Å². The molecule has 0 saturated heterocycles. The van der Waals surface area contributed by atoms with Crippen molar-refractivity contribution in [2.75, 3.05) is 5.73 Å². The summed E-state index contributed by atoms with van der Waals surface area (Å²) in [5.74, 6) is 0.545. The van der Waals surface area contributed by atoms with Gasteiger partial charge in [-0.3, -0.25) is 4.68 Å². The molecule has 0 amide bonds. The Labute approximate surface area is 78.7 Å². The number of aryl methyl sites for hydroxylation is 1. The van der Waals surface area contributed by atoms with E-state index in [1.165, 1.54) is 0 Å². The normalized spacial score (nSPS) is 12.8. The molecular weight excluding hydrogens is 166 g/mol. The fourth-order valence-corrected chi connectivity index (χ4v) is 1.23. The second-order valence-electron chi connectivity index (χ2n) is 3.28. The van der Waals surface area contributed by atoms with E-state index in [4.69, 9.17) is 10.5 Å². The molecule has 1 heterocycles. The second-order valence-corrected chi connectivity index (χ2v) is 3.28. The predicted molar refractivity (Wildman–Crippen MR) is 52.6 cm³/mol. The maximum absolute atomic E-state index is 5.68. The minimum atomic E-state index is 0.183. The first-order valence-corrected chi connectivity index (χ1v) is 4.59. The number of hydrogen-bond donors (Lipinski definition) is 1. The Morgan fingerprint density at radius 3 is 2.85 bits per heavy atom. The van der Waals surface area contributed by atoms with Crippen molar-refractivity contribution >= 4 is 5.69 Å². The Bertz CT molecular complexity index is 270. The largest absolute Gasteiger partial charge is 0.472 e. The van der Waals surface area contributed by atoms with E-state index in [1.807, 2.05) is 14.0 Å². The highest BCUT2D eigenvalue weighted by molar-refractivity contribution is 5.45. The fraction of sp³-hybridized carbons (Fsp3) is 0.667. The van der Waals surface area contributed by atoms with Crippen molar-refractivity contribution in [1.29, 1.82) is 0 Å². The Morgan fingerprint density at radius 2 is 2.38 bits per heavy atom. The fourth-order valence-electron chi connectivity index (χ4n) is 1.23. The van der Waals surface area contributed by atoms with Crippen LogP contribution in [0.15, 0.2) is 6.20 Å². The lowest BCUT2D eigenvalue weighted by molar-refractivity contribution is 0.201. The molecule has 0 aliphatic rings. The third-order valence-electron chi connectivity index (χ3n) is 1.83. The van der Waals surface area contributed by atoms with E-state index in [0.717, 1.165) is 12.8 Å². The predicted octanol–water partition coefficient (Wildman–Crippen LogP) is 1.57. The molecule has 1 aromatic rings. The first-order chi connectivity index (χ1) is 6.13. The van der Waals surface area contributed by atoms with Gasteiger partial charge in [-0.1, -0.05) is 13.3 Å². The first kappa shape index (κ1) is 9.89. The summed E-state index contributed by atoms with van der Waals surface area (Å²) in [4.78, 5) is 0. The number of anilines is 1. The lowest BCUT2D eigenvalue weighted by atomic mass is 10.2. The monoisotopic (exact) mass is 183 g/mol. The zero-order valence-electron chi connectivity index (χ0n) is 8.45.